The van der Waals surface area contributed by atoms with Gasteiger partial charge >= 0.3 is 0 Å². The van der Waals surface area contributed by atoms with Crippen molar-refractivity contribution in [2.75, 3.05) is 13.2 Å². The molecule has 1 aliphatic heterocycles. The molecule has 2 aromatic rings. The van der Waals surface area contributed by atoms with Crippen LogP contribution in [0, 0.1) is 0 Å². The van der Waals surface area contributed by atoms with Crippen LogP contribution < -0.4 is 10.1 Å². The average molecular weight is 332 g/mol. The van der Waals surface area contributed by atoms with Crippen LogP contribution in [-0.2, 0) is 0 Å². The van der Waals surface area contributed by atoms with E-state index < -0.39 is 0 Å². The first-order valence-corrected chi connectivity index (χ1v) is 7.74. The molecule has 0 saturated carbocycles. The molecule has 0 aliphatic carbocycles. The predicted octanol–water partition coefficient (Wildman–Crippen LogP) is 4.28. The molecule has 104 valence electrons. The molecule has 0 radical (unpaired) electrons. The second-order valence-corrected chi connectivity index (χ2v) is 6.14. The molecule has 1 unspecified atom stereocenters. The first kappa shape index (κ1) is 13.7. The first-order chi connectivity index (χ1) is 9.74. The Hall–Kier alpha value is -1.32. The summed E-state index contributed by atoms with van der Waals surface area (Å²) in [5, 5.41) is 3.61. The average Bonchev–Trinajstić information content (AvgIpc) is 2.89. The molecule has 0 spiro atoms. The molecule has 1 N–H and O–H groups in total. The zero-order valence-electron chi connectivity index (χ0n) is 11.5. The highest BCUT2D eigenvalue weighted by molar-refractivity contribution is 9.10. The highest BCUT2D eigenvalue weighted by Crippen LogP contribution is 2.33. The third-order valence-electron chi connectivity index (χ3n) is 3.84. The van der Waals surface area contributed by atoms with E-state index in [2.05, 4.69) is 64.6 Å². The van der Waals surface area contributed by atoms with Gasteiger partial charge in [-0.2, -0.15) is 0 Å². The van der Waals surface area contributed by atoms with Gasteiger partial charge in [0.2, 0.25) is 0 Å². The molecule has 0 amide bonds. The molecular weight excluding hydrogens is 314 g/mol. The summed E-state index contributed by atoms with van der Waals surface area (Å²) in [6.45, 7) is 3.92. The van der Waals surface area contributed by atoms with Gasteiger partial charge in [0.15, 0.2) is 0 Å². The maximum Gasteiger partial charge on any atom is 0.122 e. The number of fused-ring (bicyclic) bond motifs is 1. The summed E-state index contributed by atoms with van der Waals surface area (Å²) in [6, 6.07) is 17.1. The van der Waals surface area contributed by atoms with Gasteiger partial charge in [0.1, 0.15) is 5.75 Å². The van der Waals surface area contributed by atoms with Crippen molar-refractivity contribution in [1.82, 2.24) is 5.32 Å². The van der Waals surface area contributed by atoms with Crippen LogP contribution in [0.5, 0.6) is 5.75 Å². The third-order valence-corrected chi connectivity index (χ3v) is 4.37. The summed E-state index contributed by atoms with van der Waals surface area (Å²) in [6.07, 6.45) is 0. The fourth-order valence-electron chi connectivity index (χ4n) is 2.59. The van der Waals surface area contributed by atoms with Gasteiger partial charge in [-0.1, -0.05) is 46.3 Å². The van der Waals surface area contributed by atoms with E-state index in [1.165, 1.54) is 11.1 Å². The van der Waals surface area contributed by atoms with Crippen molar-refractivity contribution < 1.29 is 4.74 Å². The summed E-state index contributed by atoms with van der Waals surface area (Å²) >= 11 is 3.47. The molecule has 0 fully saturated rings. The lowest BCUT2D eigenvalue weighted by Crippen LogP contribution is -2.25. The summed E-state index contributed by atoms with van der Waals surface area (Å²) < 4.78 is 6.84. The van der Waals surface area contributed by atoms with Crippen LogP contribution in [0.3, 0.4) is 0 Å². The topological polar surface area (TPSA) is 21.3 Å². The van der Waals surface area contributed by atoms with E-state index in [9.17, 15) is 0 Å². The highest BCUT2D eigenvalue weighted by atomic mass is 79.9. The van der Waals surface area contributed by atoms with Gasteiger partial charge in [0.05, 0.1) is 6.61 Å². The Kier molecular flexibility index (Phi) is 4.08. The quantitative estimate of drug-likeness (QED) is 0.902. The van der Waals surface area contributed by atoms with E-state index in [-0.39, 0.29) is 0 Å². The number of ether oxygens (including phenoxy) is 1. The third kappa shape index (κ3) is 2.89. The maximum atomic E-state index is 5.72. The van der Waals surface area contributed by atoms with Crippen LogP contribution in [0.1, 0.15) is 30.0 Å². The minimum Gasteiger partial charge on any atom is -0.493 e. The van der Waals surface area contributed by atoms with Crippen LogP contribution in [0.2, 0.25) is 0 Å². The van der Waals surface area contributed by atoms with E-state index >= 15 is 0 Å². The van der Waals surface area contributed by atoms with Gasteiger partial charge in [0.25, 0.3) is 0 Å². The normalized spacial score (nSPS) is 18.4. The molecule has 0 saturated heterocycles. The van der Waals surface area contributed by atoms with E-state index in [1.54, 1.807) is 0 Å². The van der Waals surface area contributed by atoms with E-state index in [1.807, 2.05) is 12.1 Å². The number of nitrogens with one attached hydrogen (secondary N) is 1. The van der Waals surface area contributed by atoms with Crippen LogP contribution in [-0.4, -0.2) is 13.2 Å². The lowest BCUT2D eigenvalue weighted by molar-refractivity contribution is 0.323. The smallest absolute Gasteiger partial charge is 0.122 e. The Labute approximate surface area is 128 Å². The highest BCUT2D eigenvalue weighted by Gasteiger charge is 2.23. The molecule has 2 aromatic carbocycles. The van der Waals surface area contributed by atoms with Crippen LogP contribution in [0.25, 0.3) is 0 Å². The van der Waals surface area contributed by atoms with Gasteiger partial charge < -0.3 is 10.1 Å². The van der Waals surface area contributed by atoms with Gasteiger partial charge in [-0.05, 0) is 30.7 Å². The molecule has 1 heterocycles. The fraction of sp³-hybridized carbons (Fsp3) is 0.294. The number of hydrogen-bond donors (Lipinski definition) is 1. The summed E-state index contributed by atoms with van der Waals surface area (Å²) in [7, 11) is 0. The zero-order valence-corrected chi connectivity index (χ0v) is 13.1. The number of para-hydroxylation sites is 1. The Morgan fingerprint density at radius 2 is 1.95 bits per heavy atom. The van der Waals surface area contributed by atoms with Gasteiger partial charge in [-0.15, -0.1) is 0 Å². The maximum absolute atomic E-state index is 5.72. The predicted molar refractivity (Wildman–Crippen MR) is 85.2 cm³/mol. The standard InChI is InChI=1S/C17H18BrNO/c1-12(13-6-8-15(18)9-7-13)19-10-14-11-20-17-5-3-2-4-16(14)17/h2-9,12,14,19H,10-11H2,1H3/t12-,14?/m1/s1. The minimum atomic E-state index is 0.343. The van der Waals surface area contributed by atoms with Crippen molar-refractivity contribution in [1.29, 1.82) is 0 Å². The Bertz CT molecular complexity index is 582. The molecule has 0 bridgehead atoms. The summed E-state index contributed by atoms with van der Waals surface area (Å²) in [5.41, 5.74) is 2.63. The van der Waals surface area contributed by atoms with Crippen LogP contribution in [0.15, 0.2) is 53.0 Å². The zero-order chi connectivity index (χ0) is 13.9. The van der Waals surface area contributed by atoms with Crippen molar-refractivity contribution in [2.45, 2.75) is 18.9 Å². The largest absolute Gasteiger partial charge is 0.493 e. The molecule has 2 atom stereocenters. The molecule has 2 nitrogen and oxygen atoms in total. The molecule has 20 heavy (non-hydrogen) atoms. The van der Waals surface area contributed by atoms with Gasteiger partial charge in [-0.3, -0.25) is 0 Å². The Morgan fingerprint density at radius 1 is 1.20 bits per heavy atom. The monoisotopic (exact) mass is 331 g/mol. The Balaban J connectivity index is 1.62. The van der Waals surface area contributed by atoms with E-state index in [0.29, 0.717) is 12.0 Å². The van der Waals surface area contributed by atoms with Crippen LogP contribution >= 0.6 is 15.9 Å². The molecular formula is C17H18BrNO. The first-order valence-electron chi connectivity index (χ1n) is 6.94. The molecule has 3 heteroatoms. The molecule has 1 aliphatic rings. The lowest BCUT2D eigenvalue weighted by atomic mass is 10.0. The molecule has 0 aromatic heterocycles. The van der Waals surface area contributed by atoms with Crippen molar-refractivity contribution >= 4 is 15.9 Å². The van der Waals surface area contributed by atoms with Crippen molar-refractivity contribution in [3.8, 4) is 5.75 Å². The fourth-order valence-corrected chi connectivity index (χ4v) is 2.85. The van der Waals surface area contributed by atoms with Crippen LogP contribution in [0.4, 0.5) is 0 Å². The number of halogens is 1. The van der Waals surface area contributed by atoms with Crippen molar-refractivity contribution in [2.24, 2.45) is 0 Å². The van der Waals surface area contributed by atoms with Crippen molar-refractivity contribution in [3.63, 3.8) is 0 Å². The van der Waals surface area contributed by atoms with E-state index in [4.69, 9.17) is 4.74 Å². The lowest BCUT2D eigenvalue weighted by Gasteiger charge is -2.17. The SMILES string of the molecule is C[C@@H](NCC1COc2ccccc21)c1ccc(Br)cc1. The van der Waals surface area contributed by atoms with Gasteiger partial charge in [-0.25, -0.2) is 0 Å². The summed E-state index contributed by atoms with van der Waals surface area (Å²) in [4.78, 5) is 0. The number of hydrogen-bond acceptors (Lipinski definition) is 2. The minimum absolute atomic E-state index is 0.343. The van der Waals surface area contributed by atoms with E-state index in [0.717, 1.165) is 23.4 Å². The second kappa shape index (κ2) is 5.98. The summed E-state index contributed by atoms with van der Waals surface area (Å²) in [5.74, 6) is 1.49. The van der Waals surface area contributed by atoms with Gasteiger partial charge in [0, 0.05) is 28.5 Å². The second-order valence-electron chi connectivity index (χ2n) is 5.23. The number of benzene rings is 2. The number of rotatable bonds is 4. The Morgan fingerprint density at radius 3 is 2.75 bits per heavy atom. The molecule has 3 rings (SSSR count). The van der Waals surface area contributed by atoms with Crippen molar-refractivity contribution in [3.05, 3.63) is 64.1 Å².